The van der Waals surface area contributed by atoms with Crippen molar-refractivity contribution in [2.24, 2.45) is 5.10 Å². The lowest BCUT2D eigenvalue weighted by molar-refractivity contribution is -0.384. The van der Waals surface area contributed by atoms with Crippen LogP contribution in [0.4, 0.5) is 10.1 Å². The number of nitro benzene ring substituents is 1. The Labute approximate surface area is 131 Å². The zero-order chi connectivity index (χ0) is 16.8. The fourth-order valence-corrected chi connectivity index (χ4v) is 1.93. The van der Waals surface area contributed by atoms with Crippen molar-refractivity contribution in [3.05, 3.63) is 75.6 Å². The van der Waals surface area contributed by atoms with E-state index in [4.69, 9.17) is 0 Å². The maximum Gasteiger partial charge on any atom is 0.271 e. The van der Waals surface area contributed by atoms with Gasteiger partial charge in [0.25, 0.3) is 11.6 Å². The van der Waals surface area contributed by atoms with E-state index in [0.717, 1.165) is 0 Å². The third kappa shape index (κ3) is 4.19. The van der Waals surface area contributed by atoms with E-state index in [1.54, 1.807) is 12.1 Å². The van der Waals surface area contributed by atoms with Crippen molar-refractivity contribution in [3.63, 3.8) is 0 Å². The summed E-state index contributed by atoms with van der Waals surface area (Å²) in [5, 5.41) is 14.7. The molecule has 1 amide bonds. The molecule has 0 spiro atoms. The number of nitrogens with one attached hydrogen (secondary N) is 1. The minimum Gasteiger partial charge on any atom is -0.267 e. The molecule has 0 heterocycles. The fraction of sp³-hybridized carbons (Fsp3) is 0.125. The molecule has 1 N–H and O–H groups in total. The first-order valence-corrected chi connectivity index (χ1v) is 6.88. The second-order valence-corrected chi connectivity index (χ2v) is 4.67. The summed E-state index contributed by atoms with van der Waals surface area (Å²) in [5.74, 6) is -0.911. The maximum atomic E-state index is 12.9. The molecule has 0 saturated carbocycles. The monoisotopic (exact) mass is 315 g/mol. The predicted octanol–water partition coefficient (Wildman–Crippen LogP) is 3.28. The predicted molar refractivity (Wildman–Crippen MR) is 83.8 cm³/mol. The van der Waals surface area contributed by atoms with Gasteiger partial charge in [-0.2, -0.15) is 5.10 Å². The van der Waals surface area contributed by atoms with Crippen LogP contribution in [0.25, 0.3) is 0 Å². The number of amides is 1. The average Bonchev–Trinajstić information content (AvgIpc) is 2.56. The summed E-state index contributed by atoms with van der Waals surface area (Å²) in [7, 11) is 0. The first-order chi connectivity index (χ1) is 11.0. The highest BCUT2D eigenvalue weighted by Gasteiger charge is 2.11. The summed E-state index contributed by atoms with van der Waals surface area (Å²) in [4.78, 5) is 22.2. The molecule has 0 saturated heterocycles. The molecule has 0 bridgehead atoms. The van der Waals surface area contributed by atoms with Crippen molar-refractivity contribution >= 4 is 17.3 Å². The molecule has 0 aliphatic heterocycles. The van der Waals surface area contributed by atoms with Crippen LogP contribution in [0, 0.1) is 15.9 Å². The van der Waals surface area contributed by atoms with Crippen molar-refractivity contribution < 1.29 is 14.1 Å². The molecule has 7 heteroatoms. The smallest absolute Gasteiger partial charge is 0.267 e. The Balaban J connectivity index is 2.16. The molecule has 0 radical (unpaired) electrons. The molecule has 0 unspecified atom stereocenters. The summed E-state index contributed by atoms with van der Waals surface area (Å²) in [5.41, 5.74) is 3.59. The SMILES string of the molecule is CC/C(=N/NC(=O)c1cccc([N+](=O)[O-])c1)c1ccc(F)cc1. The van der Waals surface area contributed by atoms with Gasteiger partial charge < -0.3 is 0 Å². The number of rotatable bonds is 5. The van der Waals surface area contributed by atoms with Crippen molar-refractivity contribution in [1.29, 1.82) is 0 Å². The van der Waals surface area contributed by atoms with Gasteiger partial charge in [0.1, 0.15) is 5.82 Å². The number of carbonyl (C=O) groups is 1. The number of nitro groups is 1. The number of hydrogen-bond donors (Lipinski definition) is 1. The van der Waals surface area contributed by atoms with Gasteiger partial charge in [-0.1, -0.05) is 25.1 Å². The Morgan fingerprint density at radius 3 is 2.52 bits per heavy atom. The van der Waals surface area contributed by atoms with Crippen molar-refractivity contribution in [2.45, 2.75) is 13.3 Å². The van der Waals surface area contributed by atoms with Crippen molar-refractivity contribution in [2.75, 3.05) is 0 Å². The standard InChI is InChI=1S/C16H14FN3O3/c1-2-15(11-6-8-13(17)9-7-11)18-19-16(21)12-4-3-5-14(10-12)20(22)23/h3-10H,2H2,1H3,(H,19,21)/b18-15-. The van der Waals surface area contributed by atoms with E-state index in [1.165, 1.54) is 36.4 Å². The molecular weight excluding hydrogens is 301 g/mol. The Morgan fingerprint density at radius 2 is 1.91 bits per heavy atom. The number of benzene rings is 2. The first-order valence-electron chi connectivity index (χ1n) is 6.88. The largest absolute Gasteiger partial charge is 0.271 e. The summed E-state index contributed by atoms with van der Waals surface area (Å²) in [6, 6.07) is 11.1. The van der Waals surface area contributed by atoms with E-state index >= 15 is 0 Å². The minimum atomic E-state index is -0.573. The lowest BCUT2D eigenvalue weighted by Gasteiger charge is -2.05. The summed E-state index contributed by atoms with van der Waals surface area (Å²) < 4.78 is 12.9. The number of halogens is 1. The van der Waals surface area contributed by atoms with Gasteiger partial charge in [0.05, 0.1) is 10.6 Å². The van der Waals surface area contributed by atoms with Gasteiger partial charge in [0.2, 0.25) is 0 Å². The van der Waals surface area contributed by atoms with E-state index in [-0.39, 0.29) is 17.1 Å². The van der Waals surface area contributed by atoms with Gasteiger partial charge in [0, 0.05) is 17.7 Å². The number of carbonyl (C=O) groups excluding carboxylic acids is 1. The molecule has 0 aromatic heterocycles. The fourth-order valence-electron chi connectivity index (χ4n) is 1.93. The Morgan fingerprint density at radius 1 is 1.22 bits per heavy atom. The van der Waals surface area contributed by atoms with Crippen LogP contribution in [-0.4, -0.2) is 16.5 Å². The first kappa shape index (κ1) is 16.3. The van der Waals surface area contributed by atoms with E-state index < -0.39 is 10.8 Å². The second kappa shape index (κ2) is 7.26. The lowest BCUT2D eigenvalue weighted by Crippen LogP contribution is -2.20. The molecule has 0 fully saturated rings. The Hall–Kier alpha value is -3.09. The van der Waals surface area contributed by atoms with Gasteiger partial charge in [0.15, 0.2) is 0 Å². The third-order valence-corrected chi connectivity index (χ3v) is 3.12. The van der Waals surface area contributed by atoms with Crippen LogP contribution in [0.15, 0.2) is 53.6 Å². The molecule has 2 aromatic rings. The maximum absolute atomic E-state index is 12.9. The van der Waals surface area contributed by atoms with Crippen LogP contribution >= 0.6 is 0 Å². The van der Waals surface area contributed by atoms with Crippen LogP contribution in [0.3, 0.4) is 0 Å². The molecule has 23 heavy (non-hydrogen) atoms. The van der Waals surface area contributed by atoms with Gasteiger partial charge in [-0.25, -0.2) is 9.82 Å². The Kier molecular flexibility index (Phi) is 5.14. The van der Waals surface area contributed by atoms with Crippen LogP contribution < -0.4 is 5.43 Å². The number of nitrogens with zero attached hydrogens (tertiary/aromatic N) is 2. The van der Waals surface area contributed by atoms with Crippen molar-refractivity contribution in [3.8, 4) is 0 Å². The zero-order valence-electron chi connectivity index (χ0n) is 12.3. The molecule has 118 valence electrons. The van der Waals surface area contributed by atoms with Crippen molar-refractivity contribution in [1.82, 2.24) is 5.43 Å². The highest BCUT2D eigenvalue weighted by atomic mass is 19.1. The van der Waals surface area contributed by atoms with Gasteiger partial charge in [-0.05, 0) is 30.2 Å². The summed E-state index contributed by atoms with van der Waals surface area (Å²) in [6.45, 7) is 1.85. The summed E-state index contributed by atoms with van der Waals surface area (Å²) >= 11 is 0. The highest BCUT2D eigenvalue weighted by molar-refractivity contribution is 6.02. The molecule has 6 nitrogen and oxygen atoms in total. The second-order valence-electron chi connectivity index (χ2n) is 4.67. The zero-order valence-corrected chi connectivity index (χ0v) is 12.3. The van der Waals surface area contributed by atoms with E-state index in [2.05, 4.69) is 10.5 Å². The van der Waals surface area contributed by atoms with Crippen LogP contribution in [0.5, 0.6) is 0 Å². The van der Waals surface area contributed by atoms with Gasteiger partial charge >= 0.3 is 0 Å². The van der Waals surface area contributed by atoms with Gasteiger partial charge in [-0.15, -0.1) is 0 Å². The van der Waals surface area contributed by atoms with E-state index in [9.17, 15) is 19.3 Å². The molecule has 2 rings (SSSR count). The van der Waals surface area contributed by atoms with Gasteiger partial charge in [-0.3, -0.25) is 14.9 Å². The number of hydrogen-bond acceptors (Lipinski definition) is 4. The van der Waals surface area contributed by atoms with E-state index in [1.807, 2.05) is 6.92 Å². The molecule has 0 atom stereocenters. The molecule has 0 aliphatic carbocycles. The van der Waals surface area contributed by atoms with Crippen LogP contribution in [0.1, 0.15) is 29.3 Å². The topological polar surface area (TPSA) is 84.6 Å². The Bertz CT molecular complexity index is 757. The third-order valence-electron chi connectivity index (χ3n) is 3.12. The molecular formula is C16H14FN3O3. The van der Waals surface area contributed by atoms with Crippen LogP contribution in [0.2, 0.25) is 0 Å². The number of non-ortho nitro benzene ring substituents is 1. The molecule has 0 aliphatic rings. The lowest BCUT2D eigenvalue weighted by atomic mass is 10.1. The molecule has 2 aromatic carbocycles. The highest BCUT2D eigenvalue weighted by Crippen LogP contribution is 2.13. The van der Waals surface area contributed by atoms with Crippen LogP contribution in [-0.2, 0) is 0 Å². The quantitative estimate of drug-likeness (QED) is 0.522. The summed E-state index contributed by atoms with van der Waals surface area (Å²) in [6.07, 6.45) is 0.529. The number of hydrazone groups is 1. The normalized spacial score (nSPS) is 11.1. The average molecular weight is 315 g/mol. The minimum absolute atomic E-state index is 0.137. The van der Waals surface area contributed by atoms with E-state index in [0.29, 0.717) is 17.7 Å².